The molecule has 1 heteroatoms. The number of hydrogen-bond acceptors (Lipinski definition) is 1. The van der Waals surface area contributed by atoms with Crippen LogP contribution in [0.4, 0.5) is 0 Å². The minimum Gasteiger partial charge on any atom is -0.854 e. The first kappa shape index (κ1) is 7.70. The zero-order valence-corrected chi connectivity index (χ0v) is 5.39. The summed E-state index contributed by atoms with van der Waals surface area (Å²) in [7, 11) is 0. The molecule has 0 aromatic heterocycles. The molecule has 0 saturated carbocycles. The van der Waals surface area contributed by atoms with Gasteiger partial charge in [-0.05, 0) is 6.42 Å². The summed E-state index contributed by atoms with van der Waals surface area (Å²) in [6, 6.07) is 0. The third kappa shape index (κ3) is 2.80. The molecule has 1 unspecified atom stereocenters. The lowest BCUT2D eigenvalue weighted by Crippen LogP contribution is -2.16. The molecule has 48 valence electrons. The van der Waals surface area contributed by atoms with Gasteiger partial charge in [0.15, 0.2) is 0 Å². The Bertz CT molecular complexity index is 55.4. The number of allylic oxidation sites excluding steroid dienone is 1. The third-order valence-corrected chi connectivity index (χ3v) is 1.31. The molecule has 0 spiro atoms. The van der Waals surface area contributed by atoms with Crippen molar-refractivity contribution in [3.05, 3.63) is 12.7 Å². The Hall–Kier alpha value is -0.300. The van der Waals surface area contributed by atoms with Gasteiger partial charge in [-0.25, -0.2) is 0 Å². The van der Waals surface area contributed by atoms with E-state index >= 15 is 0 Å². The van der Waals surface area contributed by atoms with Crippen molar-refractivity contribution in [3.63, 3.8) is 0 Å². The van der Waals surface area contributed by atoms with Gasteiger partial charge in [0.25, 0.3) is 0 Å². The molecule has 0 aliphatic heterocycles. The van der Waals surface area contributed by atoms with E-state index in [0.717, 1.165) is 12.8 Å². The fourth-order valence-corrected chi connectivity index (χ4v) is 0.588. The smallest absolute Gasteiger partial charge is 0.0338 e. The highest BCUT2D eigenvalue weighted by atomic mass is 16.3. The molecule has 0 aliphatic carbocycles. The van der Waals surface area contributed by atoms with Crippen LogP contribution in [-0.4, -0.2) is 6.61 Å². The van der Waals surface area contributed by atoms with Crippen molar-refractivity contribution in [2.24, 2.45) is 5.92 Å². The van der Waals surface area contributed by atoms with E-state index < -0.39 is 0 Å². The van der Waals surface area contributed by atoms with E-state index in [1.54, 1.807) is 0 Å². The number of hydrogen-bond donors (Lipinski definition) is 0. The minimum atomic E-state index is 0.0442. The monoisotopic (exact) mass is 113 g/mol. The summed E-state index contributed by atoms with van der Waals surface area (Å²) in [5.74, 6) is 0.326. The summed E-state index contributed by atoms with van der Waals surface area (Å²) in [6.07, 6.45) is 3.67. The molecule has 0 aromatic carbocycles. The molecule has 0 aromatic rings. The molecule has 0 amide bonds. The molecule has 1 nitrogen and oxygen atoms in total. The Morgan fingerprint density at radius 3 is 2.50 bits per heavy atom. The second kappa shape index (κ2) is 4.85. The zero-order valence-electron chi connectivity index (χ0n) is 5.39. The topological polar surface area (TPSA) is 23.1 Å². The lowest BCUT2D eigenvalue weighted by molar-refractivity contribution is -0.379. The van der Waals surface area contributed by atoms with Crippen molar-refractivity contribution < 1.29 is 5.11 Å². The quantitative estimate of drug-likeness (QED) is 0.498. The fraction of sp³-hybridized carbons (Fsp3) is 0.714. The maximum absolute atomic E-state index is 10.2. The molecule has 0 rings (SSSR count). The van der Waals surface area contributed by atoms with Crippen LogP contribution in [0, 0.1) is 5.92 Å². The molecular weight excluding hydrogens is 100 g/mol. The van der Waals surface area contributed by atoms with Crippen LogP contribution in [0.25, 0.3) is 0 Å². The predicted molar refractivity (Wildman–Crippen MR) is 33.5 cm³/mol. The molecule has 0 saturated heterocycles. The van der Waals surface area contributed by atoms with Crippen LogP contribution in [0.3, 0.4) is 0 Å². The molecule has 0 heterocycles. The second-order valence-electron chi connectivity index (χ2n) is 1.97. The largest absolute Gasteiger partial charge is 0.854 e. The van der Waals surface area contributed by atoms with Crippen LogP contribution in [0.15, 0.2) is 12.7 Å². The van der Waals surface area contributed by atoms with E-state index in [9.17, 15) is 5.11 Å². The first-order valence-corrected chi connectivity index (χ1v) is 3.04. The molecule has 0 radical (unpaired) electrons. The molecular formula is C7H13O-. The third-order valence-electron chi connectivity index (χ3n) is 1.31. The summed E-state index contributed by atoms with van der Waals surface area (Å²) in [6.45, 7) is 5.64. The summed E-state index contributed by atoms with van der Waals surface area (Å²) < 4.78 is 0. The maximum Gasteiger partial charge on any atom is -0.0338 e. The molecule has 0 bridgehead atoms. The van der Waals surface area contributed by atoms with Crippen molar-refractivity contribution in [1.82, 2.24) is 0 Å². The lowest BCUT2D eigenvalue weighted by Gasteiger charge is -2.14. The van der Waals surface area contributed by atoms with Crippen LogP contribution >= 0.6 is 0 Å². The minimum absolute atomic E-state index is 0.0442. The molecule has 8 heavy (non-hydrogen) atoms. The lowest BCUT2D eigenvalue weighted by atomic mass is 10.0. The van der Waals surface area contributed by atoms with Gasteiger partial charge in [-0.1, -0.05) is 25.3 Å². The van der Waals surface area contributed by atoms with Crippen LogP contribution in [-0.2, 0) is 0 Å². The summed E-state index contributed by atoms with van der Waals surface area (Å²) in [5, 5.41) is 10.2. The normalized spacial score (nSPS) is 13.2. The van der Waals surface area contributed by atoms with Gasteiger partial charge in [0.05, 0.1) is 0 Å². The van der Waals surface area contributed by atoms with Crippen LogP contribution in [0.2, 0.25) is 0 Å². The SMILES string of the molecule is C=CCC(CC)C[O-]. The van der Waals surface area contributed by atoms with Crippen molar-refractivity contribution >= 4 is 0 Å². The van der Waals surface area contributed by atoms with Gasteiger partial charge < -0.3 is 5.11 Å². The maximum atomic E-state index is 10.2. The molecule has 0 aliphatic rings. The predicted octanol–water partition coefficient (Wildman–Crippen LogP) is 0.949. The van der Waals surface area contributed by atoms with Gasteiger partial charge in [0, 0.05) is 0 Å². The highest BCUT2D eigenvalue weighted by Crippen LogP contribution is 2.04. The first-order chi connectivity index (χ1) is 3.85. The average Bonchev–Trinajstić information content (AvgIpc) is 1.83. The summed E-state index contributed by atoms with van der Waals surface area (Å²) >= 11 is 0. The zero-order chi connectivity index (χ0) is 6.41. The van der Waals surface area contributed by atoms with E-state index in [1.165, 1.54) is 0 Å². The van der Waals surface area contributed by atoms with Gasteiger partial charge in [0.2, 0.25) is 0 Å². The summed E-state index contributed by atoms with van der Waals surface area (Å²) in [4.78, 5) is 0. The first-order valence-electron chi connectivity index (χ1n) is 3.04. The number of rotatable bonds is 4. The van der Waals surface area contributed by atoms with Crippen molar-refractivity contribution in [1.29, 1.82) is 0 Å². The van der Waals surface area contributed by atoms with Crippen LogP contribution < -0.4 is 5.11 Å². The van der Waals surface area contributed by atoms with Crippen molar-refractivity contribution in [2.75, 3.05) is 6.61 Å². The Labute approximate surface area is 51.0 Å². The molecule has 1 atom stereocenters. The van der Waals surface area contributed by atoms with Crippen LogP contribution in [0.5, 0.6) is 0 Å². The van der Waals surface area contributed by atoms with E-state index in [2.05, 4.69) is 6.58 Å². The van der Waals surface area contributed by atoms with Crippen LogP contribution in [0.1, 0.15) is 19.8 Å². The van der Waals surface area contributed by atoms with E-state index in [-0.39, 0.29) is 6.61 Å². The standard InChI is InChI=1S/C7H13O/c1-3-5-7(4-2)6-8/h3,7H,1,4-6H2,2H3/q-1. The Kier molecular flexibility index (Phi) is 4.67. The Morgan fingerprint density at radius 2 is 2.38 bits per heavy atom. The highest BCUT2D eigenvalue weighted by Gasteiger charge is 1.93. The van der Waals surface area contributed by atoms with E-state index in [1.807, 2.05) is 13.0 Å². The Balaban J connectivity index is 3.20. The van der Waals surface area contributed by atoms with E-state index in [0.29, 0.717) is 5.92 Å². The summed E-state index contributed by atoms with van der Waals surface area (Å²) in [5.41, 5.74) is 0. The second-order valence-corrected chi connectivity index (χ2v) is 1.97. The van der Waals surface area contributed by atoms with Crippen molar-refractivity contribution in [2.45, 2.75) is 19.8 Å². The van der Waals surface area contributed by atoms with Gasteiger partial charge in [0.1, 0.15) is 0 Å². The van der Waals surface area contributed by atoms with Gasteiger partial charge in [-0.3, -0.25) is 0 Å². The highest BCUT2D eigenvalue weighted by molar-refractivity contribution is 4.70. The van der Waals surface area contributed by atoms with E-state index in [4.69, 9.17) is 0 Å². The Morgan fingerprint density at radius 1 is 1.75 bits per heavy atom. The van der Waals surface area contributed by atoms with Gasteiger partial charge in [-0.2, -0.15) is 0 Å². The van der Waals surface area contributed by atoms with Gasteiger partial charge in [-0.15, -0.1) is 13.2 Å². The molecule has 0 fully saturated rings. The van der Waals surface area contributed by atoms with Crippen molar-refractivity contribution in [3.8, 4) is 0 Å². The molecule has 0 N–H and O–H groups in total. The average molecular weight is 113 g/mol. The fourth-order valence-electron chi connectivity index (χ4n) is 0.588. The van der Waals surface area contributed by atoms with Gasteiger partial charge >= 0.3 is 0 Å².